The molecule has 2 aromatic carbocycles. The molecule has 0 amide bonds. The fraction of sp³-hybridized carbons (Fsp3) is 0.296. The molecule has 204 valence electrons. The summed E-state index contributed by atoms with van der Waals surface area (Å²) >= 11 is 0. The van der Waals surface area contributed by atoms with Crippen molar-refractivity contribution >= 4 is 33.2 Å². The number of sulfonamides is 1. The van der Waals surface area contributed by atoms with Gasteiger partial charge in [0.1, 0.15) is 17.4 Å². The van der Waals surface area contributed by atoms with Crippen molar-refractivity contribution in [1.29, 1.82) is 0 Å². The van der Waals surface area contributed by atoms with Gasteiger partial charge in [-0.15, -0.1) is 0 Å². The molecule has 1 saturated heterocycles. The van der Waals surface area contributed by atoms with E-state index in [0.717, 1.165) is 24.3 Å². The first-order valence-electron chi connectivity index (χ1n) is 12.7. The molecule has 4 aromatic rings. The molecule has 1 unspecified atom stereocenters. The number of nitrogens with one attached hydrogen (secondary N) is 3. The molecule has 1 atom stereocenters. The van der Waals surface area contributed by atoms with Crippen molar-refractivity contribution in [1.82, 2.24) is 24.7 Å². The molecule has 39 heavy (non-hydrogen) atoms. The van der Waals surface area contributed by atoms with Crippen molar-refractivity contribution < 1.29 is 17.3 Å². The fourth-order valence-electron chi connectivity index (χ4n) is 4.48. The Morgan fingerprint density at radius 2 is 1.79 bits per heavy atom. The number of benzene rings is 2. The molecule has 1 aliphatic heterocycles. The van der Waals surface area contributed by atoms with Crippen LogP contribution in [0.15, 0.2) is 76.3 Å². The Hall–Kier alpha value is -3.87. The SMILES string of the molecule is Cc1cc(CNCC2CCCN(S(=O)(=O)c3ccc(Nc4nccc(Nc5ccc(F)cc5)n4)cc3)C2)no1. The first-order chi connectivity index (χ1) is 18.8. The van der Waals surface area contributed by atoms with E-state index in [-0.39, 0.29) is 16.6 Å². The molecule has 1 fully saturated rings. The zero-order valence-electron chi connectivity index (χ0n) is 21.5. The molecular weight excluding hydrogens is 521 g/mol. The highest BCUT2D eigenvalue weighted by atomic mass is 32.2. The van der Waals surface area contributed by atoms with Gasteiger partial charge < -0.3 is 20.5 Å². The summed E-state index contributed by atoms with van der Waals surface area (Å²) in [4.78, 5) is 8.88. The van der Waals surface area contributed by atoms with E-state index in [1.54, 1.807) is 53.0 Å². The van der Waals surface area contributed by atoms with Crippen molar-refractivity contribution in [3.8, 4) is 0 Å². The molecule has 0 aliphatic carbocycles. The Morgan fingerprint density at radius 1 is 1.05 bits per heavy atom. The number of halogens is 1. The summed E-state index contributed by atoms with van der Waals surface area (Å²) in [5, 5.41) is 13.5. The number of piperidine rings is 1. The molecule has 3 heterocycles. The van der Waals surface area contributed by atoms with E-state index >= 15 is 0 Å². The first kappa shape index (κ1) is 26.7. The van der Waals surface area contributed by atoms with Crippen LogP contribution in [0.1, 0.15) is 24.3 Å². The van der Waals surface area contributed by atoms with Gasteiger partial charge in [0, 0.05) is 43.3 Å². The number of hydrogen-bond donors (Lipinski definition) is 3. The Bertz CT molecular complexity index is 1490. The van der Waals surface area contributed by atoms with Gasteiger partial charge in [-0.1, -0.05) is 5.16 Å². The van der Waals surface area contributed by atoms with Crippen LogP contribution in [-0.4, -0.2) is 47.5 Å². The average Bonchev–Trinajstić information content (AvgIpc) is 3.35. The van der Waals surface area contributed by atoms with Crippen LogP contribution in [0, 0.1) is 18.7 Å². The van der Waals surface area contributed by atoms with Crippen LogP contribution in [0.3, 0.4) is 0 Å². The maximum Gasteiger partial charge on any atom is 0.243 e. The summed E-state index contributed by atoms with van der Waals surface area (Å²) in [7, 11) is -3.62. The summed E-state index contributed by atoms with van der Waals surface area (Å²) in [6.07, 6.45) is 3.37. The van der Waals surface area contributed by atoms with Crippen LogP contribution < -0.4 is 16.0 Å². The van der Waals surface area contributed by atoms with Crippen LogP contribution in [0.5, 0.6) is 0 Å². The molecule has 2 aromatic heterocycles. The smallest absolute Gasteiger partial charge is 0.243 e. The number of rotatable bonds is 10. The second kappa shape index (κ2) is 11.9. The number of nitrogens with zero attached hydrogens (tertiary/aromatic N) is 4. The summed E-state index contributed by atoms with van der Waals surface area (Å²) in [5.41, 5.74) is 2.18. The largest absolute Gasteiger partial charge is 0.361 e. The Balaban J connectivity index is 1.17. The van der Waals surface area contributed by atoms with Crippen molar-refractivity contribution in [2.45, 2.75) is 31.2 Å². The minimum absolute atomic E-state index is 0.218. The van der Waals surface area contributed by atoms with Gasteiger partial charge >= 0.3 is 0 Å². The molecule has 3 N–H and O–H groups in total. The predicted octanol–water partition coefficient (Wildman–Crippen LogP) is 4.59. The molecule has 0 saturated carbocycles. The van der Waals surface area contributed by atoms with E-state index < -0.39 is 10.0 Å². The van der Waals surface area contributed by atoms with Gasteiger partial charge in [0.15, 0.2) is 0 Å². The number of anilines is 4. The van der Waals surface area contributed by atoms with Crippen LogP contribution in [0.25, 0.3) is 0 Å². The summed E-state index contributed by atoms with van der Waals surface area (Å²) in [6.45, 7) is 4.11. The summed E-state index contributed by atoms with van der Waals surface area (Å²) in [5.74, 6) is 1.54. The molecule has 12 heteroatoms. The van der Waals surface area contributed by atoms with Gasteiger partial charge in [0.25, 0.3) is 0 Å². The van der Waals surface area contributed by atoms with E-state index in [2.05, 4.69) is 31.1 Å². The molecule has 5 rings (SSSR count). The van der Waals surface area contributed by atoms with Gasteiger partial charge in [0.2, 0.25) is 16.0 Å². The van der Waals surface area contributed by atoms with Gasteiger partial charge in [0.05, 0.1) is 10.6 Å². The Labute approximate surface area is 226 Å². The van der Waals surface area contributed by atoms with E-state index in [9.17, 15) is 12.8 Å². The normalized spacial score (nSPS) is 16.2. The zero-order valence-corrected chi connectivity index (χ0v) is 22.3. The standard InChI is InChI=1S/C27H30FN7O3S/c1-19-15-24(34-38-19)17-29-16-20-3-2-14-35(18-20)39(36,37)25-10-8-23(9-11-25)32-27-30-13-12-26(33-27)31-22-6-4-21(28)5-7-22/h4-13,15,20,29H,2-3,14,16-18H2,1H3,(H2,30,31,32,33). The Morgan fingerprint density at radius 3 is 2.54 bits per heavy atom. The fourth-order valence-corrected chi connectivity index (χ4v) is 6.03. The number of aryl methyl sites for hydroxylation is 1. The third-order valence-corrected chi connectivity index (χ3v) is 8.30. The van der Waals surface area contributed by atoms with Crippen LogP contribution in [0.2, 0.25) is 0 Å². The van der Waals surface area contributed by atoms with Crippen molar-refractivity contribution in [2.24, 2.45) is 5.92 Å². The molecular formula is C27H30FN7O3S. The van der Waals surface area contributed by atoms with Crippen molar-refractivity contribution in [3.63, 3.8) is 0 Å². The summed E-state index contributed by atoms with van der Waals surface area (Å²) in [6, 6.07) is 16.1. The predicted molar refractivity (Wildman–Crippen MR) is 146 cm³/mol. The maximum absolute atomic E-state index is 13.3. The minimum atomic E-state index is -3.62. The number of aromatic nitrogens is 3. The van der Waals surface area contributed by atoms with Crippen molar-refractivity contribution in [3.05, 3.63) is 84.1 Å². The van der Waals surface area contributed by atoms with Crippen LogP contribution in [-0.2, 0) is 16.6 Å². The van der Waals surface area contributed by atoms with E-state index in [1.165, 1.54) is 12.1 Å². The van der Waals surface area contributed by atoms with E-state index in [4.69, 9.17) is 4.52 Å². The molecule has 0 bridgehead atoms. The minimum Gasteiger partial charge on any atom is -0.361 e. The third-order valence-electron chi connectivity index (χ3n) is 6.42. The average molecular weight is 552 g/mol. The lowest BCUT2D eigenvalue weighted by molar-refractivity contribution is 0.259. The third kappa shape index (κ3) is 6.96. The quantitative estimate of drug-likeness (QED) is 0.259. The van der Waals surface area contributed by atoms with Crippen LogP contribution in [0.4, 0.5) is 27.5 Å². The second-order valence-electron chi connectivity index (χ2n) is 9.48. The van der Waals surface area contributed by atoms with E-state index in [0.29, 0.717) is 49.3 Å². The van der Waals surface area contributed by atoms with Gasteiger partial charge in [-0.2, -0.15) is 9.29 Å². The maximum atomic E-state index is 13.3. The van der Waals surface area contributed by atoms with Gasteiger partial charge in [-0.25, -0.2) is 17.8 Å². The Kier molecular flexibility index (Phi) is 8.15. The monoisotopic (exact) mass is 551 g/mol. The molecule has 10 nitrogen and oxygen atoms in total. The van der Waals surface area contributed by atoms with Crippen LogP contribution >= 0.6 is 0 Å². The highest BCUT2D eigenvalue weighted by Gasteiger charge is 2.30. The topological polar surface area (TPSA) is 125 Å². The first-order valence-corrected chi connectivity index (χ1v) is 14.1. The van der Waals surface area contributed by atoms with Crippen molar-refractivity contribution in [2.75, 3.05) is 30.3 Å². The molecule has 0 radical (unpaired) electrons. The lowest BCUT2D eigenvalue weighted by Crippen LogP contribution is -2.42. The van der Waals surface area contributed by atoms with Gasteiger partial charge in [-0.05, 0) is 86.8 Å². The molecule has 1 aliphatic rings. The lowest BCUT2D eigenvalue weighted by atomic mass is 10.00. The van der Waals surface area contributed by atoms with Gasteiger partial charge in [-0.3, -0.25) is 0 Å². The molecule has 0 spiro atoms. The number of hydrogen-bond acceptors (Lipinski definition) is 9. The van der Waals surface area contributed by atoms with E-state index in [1.807, 2.05) is 13.0 Å². The zero-order chi connectivity index (χ0) is 27.2. The second-order valence-corrected chi connectivity index (χ2v) is 11.4. The lowest BCUT2D eigenvalue weighted by Gasteiger charge is -2.32. The highest BCUT2D eigenvalue weighted by Crippen LogP contribution is 2.25. The highest BCUT2D eigenvalue weighted by molar-refractivity contribution is 7.89. The summed E-state index contributed by atoms with van der Waals surface area (Å²) < 4.78 is 46.5.